The van der Waals surface area contributed by atoms with Crippen LogP contribution >= 0.6 is 31.9 Å². The Labute approximate surface area is 140 Å². The van der Waals surface area contributed by atoms with Crippen LogP contribution in [0.3, 0.4) is 0 Å². The van der Waals surface area contributed by atoms with Gasteiger partial charge in [0.2, 0.25) is 0 Å². The monoisotopic (exact) mass is 433 g/mol. The summed E-state index contributed by atoms with van der Waals surface area (Å²) in [5.74, 6) is -0.0644. The maximum Gasteiger partial charge on any atom is 0.282 e. The molecule has 0 heterocycles. The van der Waals surface area contributed by atoms with E-state index in [-0.39, 0.29) is 10.7 Å². The Balaban J connectivity index is 2.57. The van der Waals surface area contributed by atoms with Gasteiger partial charge in [0.25, 0.3) is 10.0 Å². The molecule has 0 fully saturated rings. The van der Waals surface area contributed by atoms with Crippen LogP contribution in [0.2, 0.25) is 0 Å². The van der Waals surface area contributed by atoms with E-state index >= 15 is 0 Å². The highest BCUT2D eigenvalue weighted by molar-refractivity contribution is 9.12. The van der Waals surface area contributed by atoms with Crippen LogP contribution in [0.4, 0.5) is 0 Å². The first kappa shape index (κ1) is 16.6. The normalized spacial score (nSPS) is 25.5. The second kappa shape index (κ2) is 6.14. The van der Waals surface area contributed by atoms with Gasteiger partial charge in [-0.3, -0.25) is 4.79 Å². The molecule has 7 heteroatoms. The molecule has 0 saturated heterocycles. The van der Waals surface area contributed by atoms with Crippen molar-refractivity contribution in [3.8, 4) is 0 Å². The lowest BCUT2D eigenvalue weighted by molar-refractivity contribution is -0.114. The van der Waals surface area contributed by atoms with Gasteiger partial charge in [0, 0.05) is 0 Å². The number of alkyl halides is 2. The predicted molar refractivity (Wildman–Crippen MR) is 89.9 cm³/mol. The van der Waals surface area contributed by atoms with Gasteiger partial charge in [-0.25, -0.2) is 0 Å². The topological polar surface area (TPSA) is 63.6 Å². The van der Waals surface area contributed by atoms with Crippen LogP contribution < -0.4 is 0 Å². The molecule has 0 amide bonds. The Morgan fingerprint density at radius 2 is 1.57 bits per heavy atom. The maximum atomic E-state index is 12.4. The SMILES string of the molecule is CC1=C(C)C(=NS(=O)(=O)c2ccccc2)C(Br)C(Br)C1=O. The van der Waals surface area contributed by atoms with E-state index in [0.29, 0.717) is 16.9 Å². The number of nitrogens with zero attached hydrogens (tertiary/aromatic N) is 1. The molecule has 4 nitrogen and oxygen atoms in total. The zero-order valence-electron chi connectivity index (χ0n) is 11.4. The number of carbonyl (C=O) groups excluding carboxylic acids is 1. The molecule has 112 valence electrons. The second-order valence-electron chi connectivity index (χ2n) is 4.68. The van der Waals surface area contributed by atoms with Crippen molar-refractivity contribution in [3.63, 3.8) is 0 Å². The lowest BCUT2D eigenvalue weighted by atomic mass is 9.91. The third kappa shape index (κ3) is 3.19. The van der Waals surface area contributed by atoms with Crippen molar-refractivity contribution in [3.05, 3.63) is 41.5 Å². The molecule has 0 saturated carbocycles. The van der Waals surface area contributed by atoms with Crippen LogP contribution in [-0.4, -0.2) is 29.6 Å². The van der Waals surface area contributed by atoms with Gasteiger partial charge in [-0.05, 0) is 37.1 Å². The molecular formula is C14H13Br2NO3S. The third-order valence-electron chi connectivity index (χ3n) is 3.34. The molecule has 0 radical (unpaired) electrons. The Kier molecular flexibility index (Phi) is 4.85. The zero-order valence-corrected chi connectivity index (χ0v) is 15.4. The van der Waals surface area contributed by atoms with Crippen LogP contribution in [0.25, 0.3) is 0 Å². The zero-order chi connectivity index (χ0) is 15.8. The van der Waals surface area contributed by atoms with Crippen LogP contribution in [0.15, 0.2) is 50.8 Å². The van der Waals surface area contributed by atoms with Crippen molar-refractivity contribution in [1.29, 1.82) is 0 Å². The summed E-state index contributed by atoms with van der Waals surface area (Å²) in [4.78, 5) is 11.1. The van der Waals surface area contributed by atoms with E-state index in [1.807, 2.05) is 0 Å². The number of benzene rings is 1. The molecule has 0 aromatic heterocycles. The standard InChI is InChI=1S/C14H13Br2NO3S/c1-8-9(2)14(18)12(16)11(15)13(8)17-21(19,20)10-6-4-3-5-7-10/h3-7,11-12H,1-2H3. The van der Waals surface area contributed by atoms with Crippen LogP contribution in [0.1, 0.15) is 13.8 Å². The van der Waals surface area contributed by atoms with Gasteiger partial charge >= 0.3 is 0 Å². The van der Waals surface area contributed by atoms with Crippen molar-refractivity contribution in [2.45, 2.75) is 28.4 Å². The smallest absolute Gasteiger partial charge is 0.282 e. The molecule has 1 aromatic rings. The number of halogens is 2. The lowest BCUT2D eigenvalue weighted by Crippen LogP contribution is -2.38. The van der Waals surface area contributed by atoms with Gasteiger partial charge in [0.05, 0.1) is 20.3 Å². The highest BCUT2D eigenvalue weighted by atomic mass is 79.9. The number of rotatable bonds is 2. The number of Topliss-reactive ketones (excluding diaryl/α,β-unsaturated/α-hetero) is 1. The number of ketones is 1. The van der Waals surface area contributed by atoms with E-state index in [0.717, 1.165) is 0 Å². The minimum atomic E-state index is -3.80. The predicted octanol–water partition coefficient (Wildman–Crippen LogP) is 3.26. The Morgan fingerprint density at radius 3 is 2.14 bits per heavy atom. The summed E-state index contributed by atoms with van der Waals surface area (Å²) in [6.07, 6.45) is 0. The Morgan fingerprint density at radius 1 is 1.00 bits per heavy atom. The van der Waals surface area contributed by atoms with Crippen LogP contribution in [0, 0.1) is 0 Å². The largest absolute Gasteiger partial charge is 0.293 e. The average Bonchev–Trinajstić information content (AvgIpc) is 2.48. The fourth-order valence-corrected chi connectivity index (χ4v) is 4.49. The van der Waals surface area contributed by atoms with Crippen molar-refractivity contribution < 1.29 is 13.2 Å². The first-order valence-corrected chi connectivity index (χ1v) is 9.43. The van der Waals surface area contributed by atoms with E-state index < -0.39 is 19.7 Å². The molecule has 2 unspecified atom stereocenters. The number of sulfonamides is 1. The van der Waals surface area contributed by atoms with Gasteiger partial charge in [-0.15, -0.1) is 0 Å². The molecule has 1 aliphatic carbocycles. The molecule has 0 N–H and O–H groups in total. The third-order valence-corrected chi connectivity index (χ3v) is 7.27. The number of hydrogen-bond donors (Lipinski definition) is 0. The fourth-order valence-electron chi connectivity index (χ4n) is 1.96. The lowest BCUT2D eigenvalue weighted by Gasteiger charge is -2.25. The Bertz CT molecular complexity index is 739. The minimum Gasteiger partial charge on any atom is -0.293 e. The first-order valence-electron chi connectivity index (χ1n) is 6.16. The number of carbonyl (C=O) groups is 1. The van der Waals surface area contributed by atoms with E-state index in [4.69, 9.17) is 0 Å². The molecule has 21 heavy (non-hydrogen) atoms. The quantitative estimate of drug-likeness (QED) is 0.671. The van der Waals surface area contributed by atoms with E-state index in [2.05, 4.69) is 36.3 Å². The molecule has 2 rings (SSSR count). The minimum absolute atomic E-state index is 0.0644. The molecule has 0 bridgehead atoms. The Hall–Kier alpha value is -0.790. The number of hydrogen-bond acceptors (Lipinski definition) is 3. The van der Waals surface area contributed by atoms with E-state index in [9.17, 15) is 13.2 Å². The fraction of sp³-hybridized carbons (Fsp3) is 0.286. The summed E-state index contributed by atoms with van der Waals surface area (Å²) in [6, 6.07) is 8.01. The molecule has 1 aromatic carbocycles. The van der Waals surface area contributed by atoms with E-state index in [1.54, 1.807) is 32.0 Å². The van der Waals surface area contributed by atoms with Gasteiger partial charge < -0.3 is 0 Å². The van der Waals surface area contributed by atoms with Crippen LogP contribution in [-0.2, 0) is 14.8 Å². The average molecular weight is 435 g/mol. The van der Waals surface area contributed by atoms with Gasteiger partial charge in [0.15, 0.2) is 5.78 Å². The van der Waals surface area contributed by atoms with E-state index in [1.165, 1.54) is 12.1 Å². The molecule has 0 spiro atoms. The molecular weight excluding hydrogens is 422 g/mol. The molecule has 1 aliphatic rings. The van der Waals surface area contributed by atoms with Crippen LogP contribution in [0.5, 0.6) is 0 Å². The van der Waals surface area contributed by atoms with Crippen molar-refractivity contribution in [1.82, 2.24) is 0 Å². The van der Waals surface area contributed by atoms with Crippen molar-refractivity contribution in [2.24, 2.45) is 4.40 Å². The van der Waals surface area contributed by atoms with Gasteiger partial charge in [-0.1, -0.05) is 50.1 Å². The maximum absolute atomic E-state index is 12.4. The molecule has 2 atom stereocenters. The second-order valence-corrected chi connectivity index (χ2v) is 8.26. The van der Waals surface area contributed by atoms with Crippen molar-refractivity contribution in [2.75, 3.05) is 0 Å². The summed E-state index contributed by atoms with van der Waals surface area (Å²) in [6.45, 7) is 3.38. The highest BCUT2D eigenvalue weighted by Gasteiger charge is 2.36. The summed E-state index contributed by atoms with van der Waals surface area (Å²) in [7, 11) is -3.80. The summed E-state index contributed by atoms with van der Waals surface area (Å²) in [5, 5.41) is 0. The van der Waals surface area contributed by atoms with Gasteiger partial charge in [-0.2, -0.15) is 12.8 Å². The number of allylic oxidation sites excluding steroid dienone is 2. The summed E-state index contributed by atoms with van der Waals surface area (Å²) < 4.78 is 28.6. The highest BCUT2D eigenvalue weighted by Crippen LogP contribution is 2.31. The summed E-state index contributed by atoms with van der Waals surface area (Å²) >= 11 is 6.64. The summed E-state index contributed by atoms with van der Waals surface area (Å²) in [5.41, 5.74) is 1.48. The van der Waals surface area contributed by atoms with Gasteiger partial charge in [0.1, 0.15) is 0 Å². The van der Waals surface area contributed by atoms with Crippen molar-refractivity contribution >= 4 is 53.4 Å². The first-order chi connectivity index (χ1) is 9.75. The molecule has 0 aliphatic heterocycles.